The highest BCUT2D eigenvalue weighted by molar-refractivity contribution is 5.92. The van der Waals surface area contributed by atoms with Gasteiger partial charge in [-0.15, -0.1) is 0 Å². The lowest BCUT2D eigenvalue weighted by molar-refractivity contribution is 0.0918. The number of nitrogens with two attached hydrogens (primary N) is 3. The van der Waals surface area contributed by atoms with Crippen molar-refractivity contribution in [1.82, 2.24) is 0 Å². The number of hydrogen-bond donors (Lipinski definition) is 4. The first-order valence-electron chi connectivity index (χ1n) is 4.25. The molecule has 82 valence electrons. The molecule has 0 bridgehead atoms. The summed E-state index contributed by atoms with van der Waals surface area (Å²) in [7, 11) is 0. The summed E-state index contributed by atoms with van der Waals surface area (Å²) in [4.78, 5) is 7.40. The molecule has 0 radical (unpaired) electrons. The molecule has 7 N–H and O–H groups in total. The fraction of sp³-hybridized carbons (Fsp3) is 0.714. The molecule has 7 heteroatoms. The maximum atomic E-state index is 8.39. The van der Waals surface area contributed by atoms with E-state index < -0.39 is 0 Å². The fourth-order valence-corrected chi connectivity index (χ4v) is 0.694. The monoisotopic (exact) mass is 203 g/mol. The van der Waals surface area contributed by atoms with E-state index in [1.807, 2.05) is 0 Å². The highest BCUT2D eigenvalue weighted by Gasteiger charge is 1.90. The topological polar surface area (TPSA) is 132 Å². The zero-order valence-corrected chi connectivity index (χ0v) is 8.02. The number of guanidine groups is 2. The Balaban J connectivity index is 3.47. The minimum absolute atomic E-state index is 0.0272. The van der Waals surface area contributed by atoms with E-state index in [-0.39, 0.29) is 18.5 Å². The Hall–Kier alpha value is -1.34. The fourth-order valence-electron chi connectivity index (χ4n) is 0.694. The van der Waals surface area contributed by atoms with Gasteiger partial charge in [-0.2, -0.15) is 4.99 Å². The number of ether oxygens (including phenoxy) is 1. The number of aliphatic hydroxyl groups is 1. The third kappa shape index (κ3) is 8.75. The van der Waals surface area contributed by atoms with Crippen LogP contribution in [0.3, 0.4) is 0 Å². The molecule has 0 aliphatic rings. The lowest BCUT2D eigenvalue weighted by Gasteiger charge is -1.99. The highest BCUT2D eigenvalue weighted by Crippen LogP contribution is 1.84. The van der Waals surface area contributed by atoms with Crippen LogP contribution in [0.2, 0.25) is 0 Å². The first-order valence-corrected chi connectivity index (χ1v) is 4.25. The van der Waals surface area contributed by atoms with Crippen molar-refractivity contribution >= 4 is 11.9 Å². The molecule has 0 aliphatic heterocycles. The summed E-state index contributed by atoms with van der Waals surface area (Å²) in [5.41, 5.74) is 15.5. The quantitative estimate of drug-likeness (QED) is 0.224. The van der Waals surface area contributed by atoms with Crippen LogP contribution in [0, 0.1) is 0 Å². The smallest absolute Gasteiger partial charge is 0.218 e. The molecule has 0 rings (SSSR count). The third-order valence-electron chi connectivity index (χ3n) is 1.20. The zero-order valence-electron chi connectivity index (χ0n) is 8.02. The van der Waals surface area contributed by atoms with Crippen molar-refractivity contribution in [2.75, 3.05) is 26.4 Å². The van der Waals surface area contributed by atoms with Crippen LogP contribution in [0.25, 0.3) is 0 Å². The molecule has 0 aliphatic carbocycles. The van der Waals surface area contributed by atoms with Gasteiger partial charge in [0.15, 0.2) is 5.96 Å². The van der Waals surface area contributed by atoms with E-state index in [0.717, 1.165) is 0 Å². The first kappa shape index (κ1) is 12.7. The first-order chi connectivity index (χ1) is 6.66. The minimum Gasteiger partial charge on any atom is -0.394 e. The molecular weight excluding hydrogens is 186 g/mol. The molecule has 7 nitrogen and oxygen atoms in total. The van der Waals surface area contributed by atoms with Gasteiger partial charge >= 0.3 is 0 Å². The van der Waals surface area contributed by atoms with Gasteiger partial charge in [0.2, 0.25) is 5.96 Å². The SMILES string of the molecule is NC(N)=NC(N)=NCCCOCCO. The Labute approximate surface area is 82.6 Å². The van der Waals surface area contributed by atoms with Gasteiger partial charge in [0.1, 0.15) is 0 Å². The molecule has 0 unspecified atom stereocenters. The van der Waals surface area contributed by atoms with Crippen molar-refractivity contribution in [1.29, 1.82) is 0 Å². The molecule has 14 heavy (non-hydrogen) atoms. The van der Waals surface area contributed by atoms with Gasteiger partial charge in [0.05, 0.1) is 13.2 Å². The van der Waals surface area contributed by atoms with Crippen molar-refractivity contribution in [3.63, 3.8) is 0 Å². The van der Waals surface area contributed by atoms with Gasteiger partial charge in [-0.05, 0) is 6.42 Å². The number of rotatable bonds is 6. The molecule has 0 saturated heterocycles. The van der Waals surface area contributed by atoms with E-state index in [1.54, 1.807) is 0 Å². The standard InChI is InChI=1S/C7H17N5O2/c8-6(9)12-7(10)11-2-1-4-14-5-3-13/h13H,1-5H2,(H6,8,9,10,11,12). The summed E-state index contributed by atoms with van der Waals surface area (Å²) in [5, 5.41) is 8.39. The second kappa shape index (κ2) is 8.27. The largest absolute Gasteiger partial charge is 0.394 e. The molecule has 0 heterocycles. The van der Waals surface area contributed by atoms with Crippen LogP contribution >= 0.6 is 0 Å². The normalized spacial score (nSPS) is 11.4. The predicted molar refractivity (Wildman–Crippen MR) is 54.8 cm³/mol. The van der Waals surface area contributed by atoms with Crippen molar-refractivity contribution < 1.29 is 9.84 Å². The number of nitrogens with zero attached hydrogens (tertiary/aromatic N) is 2. The van der Waals surface area contributed by atoms with Crippen molar-refractivity contribution in [3.05, 3.63) is 0 Å². The molecule has 0 amide bonds. The number of aliphatic hydroxyl groups excluding tert-OH is 1. The lowest BCUT2D eigenvalue weighted by atomic mass is 10.4. The van der Waals surface area contributed by atoms with E-state index in [9.17, 15) is 0 Å². The van der Waals surface area contributed by atoms with Crippen molar-refractivity contribution in [2.24, 2.45) is 27.2 Å². The second-order valence-electron chi connectivity index (χ2n) is 2.47. The summed E-state index contributed by atoms with van der Waals surface area (Å²) in [6.45, 7) is 1.39. The Kier molecular flexibility index (Phi) is 7.48. The molecule has 0 aromatic rings. The predicted octanol–water partition coefficient (Wildman–Crippen LogP) is -2.03. The van der Waals surface area contributed by atoms with E-state index in [4.69, 9.17) is 27.0 Å². The van der Waals surface area contributed by atoms with Gasteiger partial charge in [-0.1, -0.05) is 0 Å². The lowest BCUT2D eigenvalue weighted by Crippen LogP contribution is -2.26. The van der Waals surface area contributed by atoms with E-state index in [0.29, 0.717) is 26.2 Å². The maximum Gasteiger partial charge on any atom is 0.218 e. The van der Waals surface area contributed by atoms with Crippen LogP contribution in [0.1, 0.15) is 6.42 Å². The number of aliphatic imine (C=N–C) groups is 2. The van der Waals surface area contributed by atoms with Gasteiger partial charge in [-0.25, -0.2) is 0 Å². The van der Waals surface area contributed by atoms with Gasteiger partial charge in [0, 0.05) is 13.2 Å². The van der Waals surface area contributed by atoms with Crippen LogP contribution in [-0.2, 0) is 4.74 Å². The minimum atomic E-state index is -0.109. The maximum absolute atomic E-state index is 8.39. The molecule has 0 aromatic carbocycles. The summed E-state index contributed by atoms with van der Waals surface area (Å²) >= 11 is 0. The van der Waals surface area contributed by atoms with Gasteiger partial charge < -0.3 is 27.0 Å². The highest BCUT2D eigenvalue weighted by atomic mass is 16.5. The Morgan fingerprint density at radius 2 is 1.93 bits per heavy atom. The van der Waals surface area contributed by atoms with E-state index in [2.05, 4.69) is 9.98 Å². The van der Waals surface area contributed by atoms with Crippen LogP contribution in [0.15, 0.2) is 9.98 Å². The number of hydrogen-bond acceptors (Lipinski definition) is 3. The van der Waals surface area contributed by atoms with Crippen LogP contribution < -0.4 is 17.2 Å². The van der Waals surface area contributed by atoms with Crippen LogP contribution in [-0.4, -0.2) is 43.4 Å². The van der Waals surface area contributed by atoms with Gasteiger partial charge in [0.25, 0.3) is 0 Å². The van der Waals surface area contributed by atoms with Crippen molar-refractivity contribution in [2.45, 2.75) is 6.42 Å². The van der Waals surface area contributed by atoms with Crippen molar-refractivity contribution in [3.8, 4) is 0 Å². The second-order valence-corrected chi connectivity index (χ2v) is 2.47. The average molecular weight is 203 g/mol. The Bertz CT molecular complexity index is 200. The molecule has 0 fully saturated rings. The Morgan fingerprint density at radius 3 is 2.50 bits per heavy atom. The molecule has 0 spiro atoms. The van der Waals surface area contributed by atoms with E-state index >= 15 is 0 Å². The van der Waals surface area contributed by atoms with Gasteiger partial charge in [-0.3, -0.25) is 4.99 Å². The summed E-state index contributed by atoms with van der Waals surface area (Å²) in [6, 6.07) is 0. The molecular formula is C7H17N5O2. The molecule has 0 saturated carbocycles. The zero-order chi connectivity index (χ0) is 10.8. The Morgan fingerprint density at radius 1 is 1.21 bits per heavy atom. The molecule has 0 atom stereocenters. The average Bonchev–Trinajstić information content (AvgIpc) is 2.10. The van der Waals surface area contributed by atoms with E-state index in [1.165, 1.54) is 0 Å². The van der Waals surface area contributed by atoms with Crippen LogP contribution in [0.4, 0.5) is 0 Å². The summed E-state index contributed by atoms with van der Waals surface area (Å²) < 4.78 is 5.00. The van der Waals surface area contributed by atoms with Crippen LogP contribution in [0.5, 0.6) is 0 Å². The molecule has 0 aromatic heterocycles. The summed E-state index contributed by atoms with van der Waals surface area (Å²) in [6.07, 6.45) is 0.709. The third-order valence-corrected chi connectivity index (χ3v) is 1.20. The summed E-state index contributed by atoms with van der Waals surface area (Å²) in [5.74, 6) is -0.0464.